The minimum Gasteiger partial charge on any atom is -0.490 e. The van der Waals surface area contributed by atoms with Crippen LogP contribution in [0, 0.1) is 0 Å². The maximum Gasteiger partial charge on any atom is 0.387 e. The topological polar surface area (TPSA) is 88.1 Å². The van der Waals surface area contributed by atoms with Crippen LogP contribution in [0.5, 0.6) is 11.5 Å². The van der Waals surface area contributed by atoms with Gasteiger partial charge < -0.3 is 19.9 Å². The Morgan fingerprint density at radius 1 is 1.29 bits per heavy atom. The molecule has 0 spiro atoms. The lowest BCUT2D eigenvalue weighted by Crippen LogP contribution is -2.34. The number of hydrogen-bond donors (Lipinski definition) is 2. The van der Waals surface area contributed by atoms with Gasteiger partial charge in [-0.2, -0.15) is 8.78 Å². The van der Waals surface area contributed by atoms with Gasteiger partial charge in [-0.1, -0.05) is 0 Å². The van der Waals surface area contributed by atoms with Crippen molar-refractivity contribution in [3.05, 3.63) is 30.0 Å². The molecule has 0 unspecified atom stereocenters. The zero-order valence-electron chi connectivity index (χ0n) is 12.8. The average molecular weight is 342 g/mol. The molecule has 1 heterocycles. The lowest BCUT2D eigenvalue weighted by molar-refractivity contribution is -0.137. The average Bonchev–Trinajstić information content (AvgIpc) is 2.78. The van der Waals surface area contributed by atoms with Crippen molar-refractivity contribution in [2.75, 3.05) is 25.1 Å². The highest BCUT2D eigenvalue weighted by molar-refractivity contribution is 6.17. The molecule has 2 N–H and O–H groups in total. The Labute approximate surface area is 136 Å². The van der Waals surface area contributed by atoms with E-state index in [0.29, 0.717) is 5.69 Å². The number of benzene rings is 1. The van der Waals surface area contributed by atoms with Crippen LogP contribution in [0.1, 0.15) is 6.92 Å². The summed E-state index contributed by atoms with van der Waals surface area (Å²) in [6, 6.07) is 4.06. The Morgan fingerprint density at radius 3 is 2.67 bits per heavy atom. The van der Waals surface area contributed by atoms with Gasteiger partial charge in [-0.3, -0.25) is 14.5 Å². The minimum atomic E-state index is -2.99. The van der Waals surface area contributed by atoms with Crippen molar-refractivity contribution in [2.24, 2.45) is 0 Å². The van der Waals surface area contributed by atoms with Crippen LogP contribution in [0.4, 0.5) is 14.5 Å². The van der Waals surface area contributed by atoms with Crippen LogP contribution in [-0.2, 0) is 9.59 Å². The highest BCUT2D eigenvalue weighted by atomic mass is 19.3. The molecule has 130 valence electrons. The first kappa shape index (κ1) is 17.7. The Kier molecular flexibility index (Phi) is 5.69. The third-order valence-corrected chi connectivity index (χ3v) is 3.07. The number of alkyl halides is 2. The fraction of sp³-hybridized carbons (Fsp3) is 0.333. The Balaban J connectivity index is 2.18. The molecule has 0 aliphatic carbocycles. The molecule has 0 radical (unpaired) electrons. The number of imide groups is 1. The van der Waals surface area contributed by atoms with Gasteiger partial charge in [0, 0.05) is 17.8 Å². The van der Waals surface area contributed by atoms with E-state index in [1.807, 2.05) is 0 Å². The lowest BCUT2D eigenvalue weighted by atomic mass is 10.2. The van der Waals surface area contributed by atoms with E-state index in [2.05, 4.69) is 10.1 Å². The summed E-state index contributed by atoms with van der Waals surface area (Å²) in [4.78, 5) is 24.6. The number of aliphatic hydroxyl groups is 1. The molecule has 2 amide bonds. The van der Waals surface area contributed by atoms with E-state index >= 15 is 0 Å². The van der Waals surface area contributed by atoms with Crippen molar-refractivity contribution in [1.82, 2.24) is 4.90 Å². The van der Waals surface area contributed by atoms with Crippen LogP contribution in [0.15, 0.2) is 30.0 Å². The van der Waals surface area contributed by atoms with Crippen molar-refractivity contribution < 1.29 is 33.0 Å². The smallest absolute Gasteiger partial charge is 0.387 e. The molecule has 9 heteroatoms. The molecule has 24 heavy (non-hydrogen) atoms. The van der Waals surface area contributed by atoms with E-state index in [-0.39, 0.29) is 37.0 Å². The molecule has 1 aliphatic rings. The molecule has 1 aromatic carbocycles. The number of anilines is 1. The monoisotopic (exact) mass is 342 g/mol. The molecule has 0 bridgehead atoms. The minimum absolute atomic E-state index is 0.0124. The number of amides is 2. The molecule has 1 aromatic rings. The van der Waals surface area contributed by atoms with Crippen molar-refractivity contribution in [1.29, 1.82) is 0 Å². The van der Waals surface area contributed by atoms with Gasteiger partial charge in [0.1, 0.15) is 5.70 Å². The van der Waals surface area contributed by atoms with Gasteiger partial charge in [0.2, 0.25) is 0 Å². The normalized spacial score (nSPS) is 14.2. The summed E-state index contributed by atoms with van der Waals surface area (Å²) in [6.45, 7) is -1.53. The highest BCUT2D eigenvalue weighted by Gasteiger charge is 2.30. The lowest BCUT2D eigenvalue weighted by Gasteiger charge is -2.15. The van der Waals surface area contributed by atoms with E-state index in [4.69, 9.17) is 9.84 Å². The SMILES string of the molecule is CCOc1cc(NC2=CC(=O)N(CCO)C2=O)ccc1OC(F)F. The molecule has 0 saturated carbocycles. The second-order valence-corrected chi connectivity index (χ2v) is 4.67. The molecule has 1 aliphatic heterocycles. The van der Waals surface area contributed by atoms with Crippen LogP contribution < -0.4 is 14.8 Å². The summed E-state index contributed by atoms with van der Waals surface area (Å²) in [7, 11) is 0. The largest absolute Gasteiger partial charge is 0.490 e. The van der Waals surface area contributed by atoms with E-state index < -0.39 is 18.4 Å². The Bertz CT molecular complexity index is 663. The van der Waals surface area contributed by atoms with Crippen LogP contribution >= 0.6 is 0 Å². The fourth-order valence-corrected chi connectivity index (χ4v) is 2.11. The van der Waals surface area contributed by atoms with Crippen LogP contribution in [0.3, 0.4) is 0 Å². The first-order chi connectivity index (χ1) is 11.5. The maximum absolute atomic E-state index is 12.4. The summed E-state index contributed by atoms with van der Waals surface area (Å²) >= 11 is 0. The second-order valence-electron chi connectivity index (χ2n) is 4.67. The number of ether oxygens (including phenoxy) is 2. The number of carbonyl (C=O) groups excluding carboxylic acids is 2. The summed E-state index contributed by atoms with van der Waals surface area (Å²) in [6.07, 6.45) is 1.10. The number of aliphatic hydroxyl groups excluding tert-OH is 1. The van der Waals surface area contributed by atoms with Gasteiger partial charge in [-0.25, -0.2) is 0 Å². The van der Waals surface area contributed by atoms with Gasteiger partial charge >= 0.3 is 6.61 Å². The van der Waals surface area contributed by atoms with Crippen LogP contribution in [-0.4, -0.2) is 48.2 Å². The summed E-state index contributed by atoms with van der Waals surface area (Å²) in [5.74, 6) is -1.19. The standard InChI is InChI=1S/C15H16F2N2O5/c1-2-23-12-7-9(3-4-11(12)24-15(16)17)18-10-8-13(21)19(5-6-20)14(10)22/h3-4,7-8,15,18,20H,2,5-6H2,1H3. The number of nitrogens with one attached hydrogen (secondary N) is 1. The van der Waals surface area contributed by atoms with Crippen LogP contribution in [0.2, 0.25) is 0 Å². The predicted molar refractivity (Wildman–Crippen MR) is 79.8 cm³/mol. The predicted octanol–water partition coefficient (Wildman–Crippen LogP) is 1.34. The van der Waals surface area contributed by atoms with Crippen LogP contribution in [0.25, 0.3) is 0 Å². The fourth-order valence-electron chi connectivity index (χ4n) is 2.11. The molecule has 0 fully saturated rings. The third-order valence-electron chi connectivity index (χ3n) is 3.07. The van der Waals surface area contributed by atoms with E-state index in [1.165, 1.54) is 18.2 Å². The van der Waals surface area contributed by atoms with E-state index in [9.17, 15) is 18.4 Å². The molecule has 2 rings (SSSR count). The summed E-state index contributed by atoms with van der Waals surface area (Å²) in [5.41, 5.74) is 0.372. The quantitative estimate of drug-likeness (QED) is 0.693. The molecular weight excluding hydrogens is 326 g/mol. The van der Waals surface area contributed by atoms with Crippen molar-refractivity contribution in [3.63, 3.8) is 0 Å². The zero-order chi connectivity index (χ0) is 17.7. The summed E-state index contributed by atoms with van der Waals surface area (Å²) in [5, 5.41) is 11.6. The van der Waals surface area contributed by atoms with Gasteiger partial charge in [-0.05, 0) is 19.1 Å². The van der Waals surface area contributed by atoms with E-state index in [0.717, 1.165) is 11.0 Å². The molecule has 7 nitrogen and oxygen atoms in total. The van der Waals surface area contributed by atoms with E-state index in [1.54, 1.807) is 6.92 Å². The summed E-state index contributed by atoms with van der Waals surface area (Å²) < 4.78 is 34.3. The zero-order valence-corrected chi connectivity index (χ0v) is 12.8. The molecule has 0 atom stereocenters. The number of β-amino-alcohol motifs (C(OH)–C–C–N with tert-alkyl or cyclic N) is 1. The van der Waals surface area contributed by atoms with Gasteiger partial charge in [-0.15, -0.1) is 0 Å². The number of rotatable bonds is 8. The number of hydrogen-bond acceptors (Lipinski definition) is 6. The molecule has 0 saturated heterocycles. The first-order valence-corrected chi connectivity index (χ1v) is 7.13. The molecule has 0 aromatic heterocycles. The van der Waals surface area contributed by atoms with Gasteiger partial charge in [0.15, 0.2) is 11.5 Å². The molecular formula is C15H16F2N2O5. The first-order valence-electron chi connectivity index (χ1n) is 7.13. The Morgan fingerprint density at radius 2 is 2.04 bits per heavy atom. The number of nitrogens with zero attached hydrogens (tertiary/aromatic N) is 1. The number of carbonyl (C=O) groups is 2. The second kappa shape index (κ2) is 7.73. The van der Waals surface area contributed by atoms with Crippen molar-refractivity contribution >= 4 is 17.5 Å². The Hall–Kier alpha value is -2.68. The van der Waals surface area contributed by atoms with Crippen molar-refractivity contribution in [2.45, 2.75) is 13.5 Å². The number of halogens is 2. The van der Waals surface area contributed by atoms with Gasteiger partial charge in [0.05, 0.1) is 19.8 Å². The van der Waals surface area contributed by atoms with Gasteiger partial charge in [0.25, 0.3) is 11.8 Å². The highest BCUT2D eigenvalue weighted by Crippen LogP contribution is 2.32. The van der Waals surface area contributed by atoms with Crippen molar-refractivity contribution in [3.8, 4) is 11.5 Å². The maximum atomic E-state index is 12.4. The third kappa shape index (κ3) is 3.99.